The molecule has 0 unspecified atom stereocenters. The fraction of sp³-hybridized carbons (Fsp3) is 0.786. The molecular formula is C14H29N5O4S. The molecule has 0 fully saturated rings. The van der Waals surface area contributed by atoms with E-state index in [0.717, 1.165) is 12.1 Å². The standard InChI is InChI=1S/C5H11NO3S.C5H10O.C4H8N4/c1-4(2)5(7)6-10(3,8)9;1-4(2)5(3)6;1-3(2)4-5-7-8-6-4/h4H,1-3H3,(H,6,7);4H,1-3H3;3H,1-2H3,(H,5,6,7,8). The molecule has 2 N–H and O–H groups in total. The molecule has 10 heteroatoms. The summed E-state index contributed by atoms with van der Waals surface area (Å²) in [5.74, 6) is 0.843. The molecule has 140 valence electrons. The number of amides is 1. The van der Waals surface area contributed by atoms with Gasteiger partial charge in [0.2, 0.25) is 15.9 Å². The summed E-state index contributed by atoms with van der Waals surface area (Å²) in [6, 6.07) is 0. The lowest BCUT2D eigenvalue weighted by Gasteiger charge is -2.03. The van der Waals surface area contributed by atoms with Gasteiger partial charge in [0.1, 0.15) is 5.78 Å². The van der Waals surface area contributed by atoms with E-state index in [0.29, 0.717) is 5.92 Å². The third-order valence-electron chi connectivity index (χ3n) is 2.50. The van der Waals surface area contributed by atoms with Crippen molar-refractivity contribution < 1.29 is 18.0 Å². The highest BCUT2D eigenvalue weighted by Crippen LogP contribution is 2.03. The van der Waals surface area contributed by atoms with Gasteiger partial charge in [0, 0.05) is 17.8 Å². The van der Waals surface area contributed by atoms with Crippen LogP contribution in [0.2, 0.25) is 0 Å². The maximum absolute atomic E-state index is 10.7. The first-order chi connectivity index (χ1) is 10.8. The normalized spacial score (nSPS) is 10.6. The van der Waals surface area contributed by atoms with Crippen LogP contribution < -0.4 is 4.72 Å². The lowest BCUT2D eigenvalue weighted by molar-refractivity contribution is -0.122. The van der Waals surface area contributed by atoms with Gasteiger partial charge >= 0.3 is 0 Å². The van der Waals surface area contributed by atoms with E-state index in [1.165, 1.54) is 0 Å². The van der Waals surface area contributed by atoms with Gasteiger partial charge in [0.25, 0.3) is 0 Å². The van der Waals surface area contributed by atoms with Gasteiger partial charge in [-0.1, -0.05) is 46.8 Å². The number of Topliss-reactive ketones (excluding diaryl/α,β-unsaturated/α-hetero) is 1. The number of nitrogens with one attached hydrogen (secondary N) is 2. The number of tetrazole rings is 1. The van der Waals surface area contributed by atoms with Crippen LogP contribution in [-0.4, -0.2) is 47.0 Å². The highest BCUT2D eigenvalue weighted by Gasteiger charge is 2.10. The molecule has 0 aliphatic carbocycles. The highest BCUT2D eigenvalue weighted by atomic mass is 32.2. The van der Waals surface area contributed by atoms with Gasteiger partial charge < -0.3 is 0 Å². The summed E-state index contributed by atoms with van der Waals surface area (Å²) >= 11 is 0. The van der Waals surface area contributed by atoms with E-state index < -0.39 is 15.9 Å². The van der Waals surface area contributed by atoms with Gasteiger partial charge in [0.05, 0.1) is 6.26 Å². The molecule has 0 spiro atoms. The second-order valence-electron chi connectivity index (χ2n) is 6.08. The molecule has 0 aromatic carbocycles. The van der Waals surface area contributed by atoms with Crippen molar-refractivity contribution in [3.05, 3.63) is 5.82 Å². The van der Waals surface area contributed by atoms with Crippen molar-refractivity contribution in [1.29, 1.82) is 0 Å². The lowest BCUT2D eigenvalue weighted by Crippen LogP contribution is -2.32. The van der Waals surface area contributed by atoms with Crippen LogP contribution in [0.25, 0.3) is 0 Å². The van der Waals surface area contributed by atoms with Crippen molar-refractivity contribution in [3.8, 4) is 0 Å². The van der Waals surface area contributed by atoms with E-state index in [9.17, 15) is 18.0 Å². The molecule has 9 nitrogen and oxygen atoms in total. The summed E-state index contributed by atoms with van der Waals surface area (Å²) < 4.78 is 22.7. The molecule has 0 aliphatic heterocycles. The maximum Gasteiger partial charge on any atom is 0.235 e. The molecule has 0 radical (unpaired) electrons. The Morgan fingerprint density at radius 2 is 1.50 bits per heavy atom. The number of carbonyl (C=O) groups excluding carboxylic acids is 2. The fourth-order valence-corrected chi connectivity index (χ4v) is 1.32. The first-order valence-corrected chi connectivity index (χ1v) is 9.42. The summed E-state index contributed by atoms with van der Waals surface area (Å²) in [6.07, 6.45) is 0.952. The molecule has 1 rings (SSSR count). The van der Waals surface area contributed by atoms with Crippen LogP contribution in [0.3, 0.4) is 0 Å². The number of hydrogen-bond acceptors (Lipinski definition) is 7. The molecule has 1 heterocycles. The summed E-state index contributed by atoms with van der Waals surface area (Å²) in [7, 11) is -3.37. The molecule has 0 saturated carbocycles. The average Bonchev–Trinajstić information content (AvgIpc) is 2.91. The Morgan fingerprint density at radius 3 is 1.62 bits per heavy atom. The molecule has 0 aliphatic rings. The zero-order chi connectivity index (χ0) is 19.5. The van der Waals surface area contributed by atoms with Crippen LogP contribution in [0.1, 0.15) is 60.2 Å². The van der Waals surface area contributed by atoms with Crippen LogP contribution in [-0.2, 0) is 19.6 Å². The van der Waals surface area contributed by atoms with Crippen molar-refractivity contribution in [2.45, 2.75) is 54.4 Å². The number of carbonyl (C=O) groups is 2. The number of aromatic amines is 1. The Bertz CT molecular complexity index is 580. The summed E-state index contributed by atoms with van der Waals surface area (Å²) in [5.41, 5.74) is 0. The zero-order valence-electron chi connectivity index (χ0n) is 15.6. The van der Waals surface area contributed by atoms with E-state index in [-0.39, 0.29) is 17.6 Å². The van der Waals surface area contributed by atoms with Crippen molar-refractivity contribution in [1.82, 2.24) is 25.3 Å². The van der Waals surface area contributed by atoms with E-state index >= 15 is 0 Å². The van der Waals surface area contributed by atoms with Gasteiger partial charge in [-0.3, -0.25) is 14.3 Å². The minimum atomic E-state index is -3.37. The van der Waals surface area contributed by atoms with Gasteiger partial charge in [-0.25, -0.2) is 8.42 Å². The second-order valence-corrected chi connectivity index (χ2v) is 7.83. The van der Waals surface area contributed by atoms with Crippen LogP contribution in [0.4, 0.5) is 0 Å². The molecule has 0 saturated heterocycles. The Kier molecular flexibility index (Phi) is 11.9. The first kappa shape index (κ1) is 24.4. The largest absolute Gasteiger partial charge is 0.300 e. The molecule has 0 atom stereocenters. The smallest absolute Gasteiger partial charge is 0.235 e. The molecular weight excluding hydrogens is 334 g/mol. The summed E-state index contributed by atoms with van der Waals surface area (Å²) in [5, 5.41) is 13.3. The van der Waals surface area contributed by atoms with Crippen molar-refractivity contribution >= 4 is 21.7 Å². The van der Waals surface area contributed by atoms with E-state index in [4.69, 9.17) is 0 Å². The molecule has 0 bridgehead atoms. The van der Waals surface area contributed by atoms with Gasteiger partial charge in [0.15, 0.2) is 5.82 Å². The van der Waals surface area contributed by atoms with Crippen LogP contribution >= 0.6 is 0 Å². The van der Waals surface area contributed by atoms with Crippen molar-refractivity contribution in [3.63, 3.8) is 0 Å². The van der Waals surface area contributed by atoms with Gasteiger partial charge in [-0.15, -0.1) is 10.2 Å². The lowest BCUT2D eigenvalue weighted by atomic mass is 10.1. The highest BCUT2D eigenvalue weighted by molar-refractivity contribution is 7.89. The Balaban J connectivity index is 0. The number of hydrogen-bond donors (Lipinski definition) is 2. The minimum Gasteiger partial charge on any atom is -0.300 e. The third-order valence-corrected chi connectivity index (χ3v) is 3.07. The third kappa shape index (κ3) is 15.1. The van der Waals surface area contributed by atoms with Crippen LogP contribution in [0.15, 0.2) is 0 Å². The molecule has 1 aromatic rings. The SMILES string of the molecule is CC(=O)C(C)C.CC(C)C(=O)NS(C)(=O)=O.CC(C)c1nn[nH]n1. The van der Waals surface area contributed by atoms with Crippen molar-refractivity contribution in [2.24, 2.45) is 11.8 Å². The van der Waals surface area contributed by atoms with Gasteiger partial charge in [-0.2, -0.15) is 5.21 Å². The van der Waals surface area contributed by atoms with Crippen LogP contribution in [0.5, 0.6) is 0 Å². The Labute approximate surface area is 144 Å². The minimum absolute atomic E-state index is 0.213. The van der Waals surface area contributed by atoms with E-state index in [1.54, 1.807) is 20.8 Å². The number of H-pyrrole nitrogens is 1. The Hall–Kier alpha value is -1.84. The van der Waals surface area contributed by atoms with Gasteiger partial charge in [-0.05, 0) is 6.92 Å². The fourth-order valence-electron chi connectivity index (χ4n) is 0.715. The van der Waals surface area contributed by atoms with Crippen LogP contribution in [0, 0.1) is 11.8 Å². The maximum atomic E-state index is 10.7. The van der Waals surface area contributed by atoms with E-state index in [1.807, 2.05) is 32.4 Å². The first-order valence-electron chi connectivity index (χ1n) is 7.53. The molecule has 24 heavy (non-hydrogen) atoms. The number of ketones is 1. The monoisotopic (exact) mass is 363 g/mol. The second kappa shape index (κ2) is 11.7. The predicted octanol–water partition coefficient (Wildman–Crippen LogP) is 1.27. The number of nitrogens with zero attached hydrogens (tertiary/aromatic N) is 3. The number of aromatic nitrogens is 4. The Morgan fingerprint density at radius 1 is 1.04 bits per heavy atom. The number of sulfonamides is 1. The average molecular weight is 363 g/mol. The van der Waals surface area contributed by atoms with Crippen molar-refractivity contribution in [2.75, 3.05) is 6.26 Å². The quantitative estimate of drug-likeness (QED) is 0.822. The topological polar surface area (TPSA) is 135 Å². The zero-order valence-corrected chi connectivity index (χ0v) is 16.4. The molecule has 1 amide bonds. The summed E-state index contributed by atoms with van der Waals surface area (Å²) in [4.78, 5) is 20.8. The molecule has 1 aromatic heterocycles. The predicted molar refractivity (Wildman–Crippen MR) is 91.6 cm³/mol. The van der Waals surface area contributed by atoms with E-state index in [2.05, 4.69) is 20.6 Å². The summed E-state index contributed by atoms with van der Waals surface area (Å²) in [6.45, 7) is 12.7. The number of rotatable bonds is 4.